The third-order valence-electron chi connectivity index (χ3n) is 1.81. The van der Waals surface area contributed by atoms with E-state index in [1.54, 1.807) is 0 Å². The summed E-state index contributed by atoms with van der Waals surface area (Å²) in [4.78, 5) is 0. The van der Waals surface area contributed by atoms with E-state index in [4.69, 9.17) is 4.74 Å². The van der Waals surface area contributed by atoms with Gasteiger partial charge in [-0.05, 0) is 19.9 Å². The molecule has 4 nitrogen and oxygen atoms in total. The molecule has 14 heavy (non-hydrogen) atoms. The van der Waals surface area contributed by atoms with Crippen LogP contribution in [0.25, 0.3) is 0 Å². The standard InChI is InChI=1S/C9H21NO3S/c1-4-10-9(6-7-13-5-2)8-14(3,11)12/h9-10H,4-8H2,1-3H3. The molecule has 0 saturated carbocycles. The third kappa shape index (κ3) is 8.47. The molecule has 5 heteroatoms. The van der Waals surface area contributed by atoms with E-state index in [-0.39, 0.29) is 11.8 Å². The van der Waals surface area contributed by atoms with Crippen molar-refractivity contribution >= 4 is 9.84 Å². The summed E-state index contributed by atoms with van der Waals surface area (Å²) in [6.07, 6.45) is 2.01. The highest BCUT2D eigenvalue weighted by atomic mass is 32.2. The molecule has 0 spiro atoms. The molecular formula is C9H21NO3S. The van der Waals surface area contributed by atoms with Gasteiger partial charge in [-0.25, -0.2) is 8.42 Å². The topological polar surface area (TPSA) is 55.4 Å². The van der Waals surface area contributed by atoms with E-state index in [2.05, 4.69) is 5.32 Å². The van der Waals surface area contributed by atoms with Crippen LogP contribution in [-0.2, 0) is 14.6 Å². The zero-order valence-corrected chi connectivity index (χ0v) is 10.1. The van der Waals surface area contributed by atoms with Crippen molar-refractivity contribution in [1.29, 1.82) is 0 Å². The summed E-state index contributed by atoms with van der Waals surface area (Å²) in [6, 6.07) is 0.0153. The maximum Gasteiger partial charge on any atom is 0.148 e. The Morgan fingerprint density at radius 1 is 1.36 bits per heavy atom. The van der Waals surface area contributed by atoms with Crippen LogP contribution >= 0.6 is 0 Å². The van der Waals surface area contributed by atoms with E-state index >= 15 is 0 Å². The van der Waals surface area contributed by atoms with E-state index in [9.17, 15) is 8.42 Å². The molecule has 0 aliphatic carbocycles. The van der Waals surface area contributed by atoms with Crippen molar-refractivity contribution in [1.82, 2.24) is 5.32 Å². The van der Waals surface area contributed by atoms with Gasteiger partial charge < -0.3 is 10.1 Å². The molecule has 0 aliphatic heterocycles. The van der Waals surface area contributed by atoms with E-state index in [1.807, 2.05) is 13.8 Å². The molecule has 1 N–H and O–H groups in total. The first kappa shape index (κ1) is 13.9. The van der Waals surface area contributed by atoms with Crippen molar-refractivity contribution in [2.75, 3.05) is 31.8 Å². The number of rotatable bonds is 8. The molecule has 0 aromatic carbocycles. The lowest BCUT2D eigenvalue weighted by Crippen LogP contribution is -2.36. The van der Waals surface area contributed by atoms with Crippen LogP contribution in [0.5, 0.6) is 0 Å². The maximum atomic E-state index is 11.1. The van der Waals surface area contributed by atoms with Gasteiger partial charge in [0.2, 0.25) is 0 Å². The highest BCUT2D eigenvalue weighted by Crippen LogP contribution is 1.97. The number of ether oxygens (including phenoxy) is 1. The fourth-order valence-corrected chi connectivity index (χ4v) is 2.28. The molecule has 0 aliphatic rings. The summed E-state index contributed by atoms with van der Waals surface area (Å²) in [6.45, 7) is 5.97. The SMILES string of the molecule is CCNC(CCOCC)CS(C)(=O)=O. The van der Waals surface area contributed by atoms with Crippen LogP contribution in [0.3, 0.4) is 0 Å². The number of hydrogen-bond donors (Lipinski definition) is 1. The molecule has 0 radical (unpaired) electrons. The number of sulfone groups is 1. The first-order chi connectivity index (χ1) is 6.49. The van der Waals surface area contributed by atoms with Crippen LogP contribution < -0.4 is 5.32 Å². The summed E-state index contributed by atoms with van der Waals surface area (Å²) < 4.78 is 27.3. The van der Waals surface area contributed by atoms with Crippen molar-refractivity contribution in [3.05, 3.63) is 0 Å². The lowest BCUT2D eigenvalue weighted by Gasteiger charge is -2.16. The Balaban J connectivity index is 3.89. The molecular weight excluding hydrogens is 202 g/mol. The first-order valence-electron chi connectivity index (χ1n) is 4.98. The monoisotopic (exact) mass is 223 g/mol. The highest BCUT2D eigenvalue weighted by Gasteiger charge is 2.13. The molecule has 0 rings (SSSR count). The molecule has 1 atom stereocenters. The van der Waals surface area contributed by atoms with Crippen LogP contribution in [0.1, 0.15) is 20.3 Å². The lowest BCUT2D eigenvalue weighted by molar-refractivity contribution is 0.138. The third-order valence-corrected chi connectivity index (χ3v) is 2.82. The summed E-state index contributed by atoms with van der Waals surface area (Å²) >= 11 is 0. The van der Waals surface area contributed by atoms with Crippen molar-refractivity contribution < 1.29 is 13.2 Å². The highest BCUT2D eigenvalue weighted by molar-refractivity contribution is 7.90. The predicted octanol–water partition coefficient (Wildman–Crippen LogP) is 0.436. The lowest BCUT2D eigenvalue weighted by atomic mass is 10.2. The largest absolute Gasteiger partial charge is 0.382 e. The quantitative estimate of drug-likeness (QED) is 0.607. The van der Waals surface area contributed by atoms with Crippen molar-refractivity contribution in [2.24, 2.45) is 0 Å². The van der Waals surface area contributed by atoms with Crippen LogP contribution in [-0.4, -0.2) is 46.2 Å². The van der Waals surface area contributed by atoms with Gasteiger partial charge in [-0.1, -0.05) is 6.92 Å². The van der Waals surface area contributed by atoms with Crippen LogP contribution in [0.15, 0.2) is 0 Å². The van der Waals surface area contributed by atoms with Gasteiger partial charge in [0.1, 0.15) is 9.84 Å². The maximum absolute atomic E-state index is 11.1. The van der Waals surface area contributed by atoms with Crippen molar-refractivity contribution in [2.45, 2.75) is 26.3 Å². The molecule has 0 aromatic rings. The Morgan fingerprint density at radius 3 is 2.43 bits per heavy atom. The van der Waals surface area contributed by atoms with Gasteiger partial charge in [-0.3, -0.25) is 0 Å². The van der Waals surface area contributed by atoms with Crippen molar-refractivity contribution in [3.63, 3.8) is 0 Å². The minimum Gasteiger partial charge on any atom is -0.382 e. The Hall–Kier alpha value is -0.130. The van der Waals surface area contributed by atoms with E-state index in [0.717, 1.165) is 13.0 Å². The second-order valence-electron chi connectivity index (χ2n) is 3.33. The summed E-state index contributed by atoms with van der Waals surface area (Å²) in [5.41, 5.74) is 0. The average Bonchev–Trinajstić information content (AvgIpc) is 2.02. The predicted molar refractivity (Wildman–Crippen MR) is 58.3 cm³/mol. The van der Waals surface area contributed by atoms with E-state index < -0.39 is 9.84 Å². The zero-order chi connectivity index (χ0) is 11.0. The fraction of sp³-hybridized carbons (Fsp3) is 1.00. The van der Waals surface area contributed by atoms with Gasteiger partial charge in [0, 0.05) is 25.5 Å². The molecule has 1 unspecified atom stereocenters. The van der Waals surface area contributed by atoms with Crippen LogP contribution in [0.4, 0.5) is 0 Å². The summed E-state index contributed by atoms with van der Waals surface area (Å²) in [7, 11) is -2.90. The fourth-order valence-electron chi connectivity index (χ4n) is 1.27. The van der Waals surface area contributed by atoms with Gasteiger partial charge in [0.25, 0.3) is 0 Å². The second kappa shape index (κ2) is 7.20. The molecule has 0 bridgehead atoms. The number of hydrogen-bond acceptors (Lipinski definition) is 4. The normalized spacial score (nSPS) is 14.2. The summed E-state index contributed by atoms with van der Waals surface area (Å²) in [5, 5.41) is 3.14. The van der Waals surface area contributed by atoms with Gasteiger partial charge >= 0.3 is 0 Å². The van der Waals surface area contributed by atoms with Gasteiger partial charge in [0.05, 0.1) is 5.75 Å². The van der Waals surface area contributed by atoms with Crippen LogP contribution in [0.2, 0.25) is 0 Å². The van der Waals surface area contributed by atoms with Crippen molar-refractivity contribution in [3.8, 4) is 0 Å². The molecule has 0 saturated heterocycles. The van der Waals surface area contributed by atoms with Gasteiger partial charge in [0.15, 0.2) is 0 Å². The van der Waals surface area contributed by atoms with Gasteiger partial charge in [-0.2, -0.15) is 0 Å². The Kier molecular flexibility index (Phi) is 7.13. The van der Waals surface area contributed by atoms with Gasteiger partial charge in [-0.15, -0.1) is 0 Å². The smallest absolute Gasteiger partial charge is 0.148 e. The second-order valence-corrected chi connectivity index (χ2v) is 5.52. The average molecular weight is 223 g/mol. The first-order valence-corrected chi connectivity index (χ1v) is 7.04. The number of nitrogens with one attached hydrogen (secondary N) is 1. The molecule has 0 amide bonds. The minimum atomic E-state index is -2.90. The van der Waals surface area contributed by atoms with E-state index in [0.29, 0.717) is 13.2 Å². The molecule has 0 heterocycles. The summed E-state index contributed by atoms with van der Waals surface area (Å²) in [5.74, 6) is 0.188. The Labute approximate surface area is 86.9 Å². The molecule has 0 fully saturated rings. The van der Waals surface area contributed by atoms with Crippen LogP contribution in [0, 0.1) is 0 Å². The Morgan fingerprint density at radius 2 is 2.00 bits per heavy atom. The molecule has 86 valence electrons. The Bertz CT molecular complexity index is 226. The minimum absolute atomic E-state index is 0.0153. The molecule has 0 aromatic heterocycles. The zero-order valence-electron chi connectivity index (χ0n) is 9.25. The van der Waals surface area contributed by atoms with E-state index in [1.165, 1.54) is 6.26 Å².